The van der Waals surface area contributed by atoms with Gasteiger partial charge >= 0.3 is 0 Å². The Kier molecular flexibility index (Phi) is 6.91. The lowest BCUT2D eigenvalue weighted by molar-refractivity contribution is 0.438. The monoisotopic (exact) mass is 531 g/mol. The van der Waals surface area contributed by atoms with Crippen molar-refractivity contribution in [3.63, 3.8) is 0 Å². The Balaban J connectivity index is 2.06. The van der Waals surface area contributed by atoms with Crippen molar-refractivity contribution >= 4 is 48.6 Å². The molecule has 1 unspecified atom stereocenters. The summed E-state index contributed by atoms with van der Waals surface area (Å²) < 4.78 is 50.7. The van der Waals surface area contributed by atoms with Crippen molar-refractivity contribution < 1.29 is 22.5 Å². The van der Waals surface area contributed by atoms with Crippen LogP contribution >= 0.6 is 27.1 Å². The molecule has 0 aliphatic rings. The van der Waals surface area contributed by atoms with E-state index in [1.165, 1.54) is 26.2 Å². The number of sulfonamides is 1. The smallest absolute Gasteiger partial charge is 0.247 e. The number of phenolic OH excluding ortho intramolecular Hbond substituents is 1. The molecule has 13 heteroatoms. The second-order valence-electron chi connectivity index (χ2n) is 6.83. The van der Waals surface area contributed by atoms with E-state index in [0.717, 1.165) is 10.1 Å². The summed E-state index contributed by atoms with van der Waals surface area (Å²) in [6.45, 7) is 3.76. The van der Waals surface area contributed by atoms with Crippen LogP contribution in [0.4, 0.5) is 11.5 Å². The number of anilines is 2. The molecule has 0 aliphatic carbocycles. The molecule has 3 rings (SSSR count). The molecule has 0 fully saturated rings. The van der Waals surface area contributed by atoms with Crippen LogP contribution in [0.5, 0.6) is 5.75 Å². The van der Waals surface area contributed by atoms with Gasteiger partial charge in [0.15, 0.2) is 16.9 Å². The van der Waals surface area contributed by atoms with Gasteiger partial charge < -0.3 is 19.4 Å². The molecular formula is C18H22BrN5O5S2. The van der Waals surface area contributed by atoms with Crippen LogP contribution in [-0.2, 0) is 10.0 Å². The van der Waals surface area contributed by atoms with Crippen molar-refractivity contribution in [1.82, 2.24) is 13.1 Å². The summed E-state index contributed by atoms with van der Waals surface area (Å²) in [5.74, 6) is 0.998. The molecule has 0 bridgehead atoms. The van der Waals surface area contributed by atoms with Gasteiger partial charge in [0.05, 0.1) is 5.69 Å². The number of aryl methyl sites for hydroxylation is 1. The van der Waals surface area contributed by atoms with Crippen molar-refractivity contribution in [2.24, 2.45) is 4.99 Å². The Morgan fingerprint density at radius 1 is 1.39 bits per heavy atom. The molecule has 0 saturated carbocycles. The molecule has 1 aromatic carbocycles. The number of phenols is 1. The van der Waals surface area contributed by atoms with Gasteiger partial charge in [-0.05, 0) is 53.5 Å². The molecule has 3 N–H and O–H groups in total. The molecule has 2 atom stereocenters. The molecule has 168 valence electrons. The highest BCUT2D eigenvalue weighted by Crippen LogP contribution is 2.39. The average Bonchev–Trinajstić information content (AvgIpc) is 3.27. The Hall–Kier alpha value is -2.19. The fraction of sp³-hybridized carbons (Fsp3) is 0.333. The zero-order chi connectivity index (χ0) is 22.9. The van der Waals surface area contributed by atoms with Gasteiger partial charge in [-0.2, -0.15) is 0 Å². The van der Waals surface area contributed by atoms with E-state index in [0.29, 0.717) is 12.2 Å². The van der Waals surface area contributed by atoms with Gasteiger partial charge in [0, 0.05) is 22.9 Å². The van der Waals surface area contributed by atoms with E-state index in [-0.39, 0.29) is 32.4 Å². The highest BCUT2D eigenvalue weighted by Gasteiger charge is 2.27. The number of hydrogen-bond donors (Lipinski definition) is 3. The summed E-state index contributed by atoms with van der Waals surface area (Å²) in [7, 11) is -1.21. The average molecular weight is 532 g/mol. The Bertz CT molecular complexity index is 1260. The molecule has 0 spiro atoms. The number of furan rings is 1. The summed E-state index contributed by atoms with van der Waals surface area (Å²) in [6, 6.07) is 6.26. The fourth-order valence-corrected chi connectivity index (χ4v) is 5.42. The molecule has 10 nitrogen and oxygen atoms in total. The van der Waals surface area contributed by atoms with Crippen molar-refractivity contribution in [3.8, 4) is 5.75 Å². The second kappa shape index (κ2) is 9.12. The number of aromatic amines is 1. The molecule has 0 amide bonds. The number of H-pyrrole nitrogens is 1. The zero-order valence-electron chi connectivity index (χ0n) is 17.2. The minimum absolute atomic E-state index is 0.0673. The number of nitrogens with one attached hydrogen (secondary N) is 2. The quantitative estimate of drug-likeness (QED) is 0.311. The van der Waals surface area contributed by atoms with Crippen molar-refractivity contribution in [2.45, 2.75) is 31.2 Å². The topological polar surface area (TPSA) is 147 Å². The predicted octanol–water partition coefficient (Wildman–Crippen LogP) is 3.55. The lowest BCUT2D eigenvalue weighted by Gasteiger charge is -2.16. The van der Waals surface area contributed by atoms with E-state index in [2.05, 4.69) is 35.0 Å². The lowest BCUT2D eigenvalue weighted by Crippen LogP contribution is -2.23. The van der Waals surface area contributed by atoms with Crippen molar-refractivity contribution in [1.29, 1.82) is 0 Å². The third kappa shape index (κ3) is 4.85. The number of nitrogens with zero attached hydrogens (tertiary/aromatic N) is 3. The largest absolute Gasteiger partial charge is 0.548 e. The normalized spacial score (nSPS) is 14.3. The minimum Gasteiger partial charge on any atom is -0.548 e. The summed E-state index contributed by atoms with van der Waals surface area (Å²) >= 11 is 1.40. The van der Waals surface area contributed by atoms with Crippen LogP contribution in [0.1, 0.15) is 30.9 Å². The molecule has 31 heavy (non-hydrogen) atoms. The fourth-order valence-electron chi connectivity index (χ4n) is 2.80. The van der Waals surface area contributed by atoms with E-state index in [9.17, 15) is 18.1 Å². The molecule has 0 radical (unpaired) electrons. The summed E-state index contributed by atoms with van der Waals surface area (Å²) in [5, 5.41) is 13.5. The molecule has 2 heterocycles. The van der Waals surface area contributed by atoms with Crippen molar-refractivity contribution in [3.05, 3.63) is 45.7 Å². The zero-order valence-corrected chi connectivity index (χ0v) is 20.4. The number of aromatic nitrogens is 2. The van der Waals surface area contributed by atoms with E-state index in [1.807, 2.05) is 26.0 Å². The standard InChI is InChI=1S/C18H22BrN5O5S2/c1-5-12(14-9-6-10(2)29-14)20-17-18(23-30(26)22-17)21-13-8-7-11(19)16(15(13)25)31(27,28)24(3)4/h6-9,12,25H,5H2,1-4H3,(H,20,22)(H,21,23)/t12-,30?/m1/s1. The van der Waals surface area contributed by atoms with Gasteiger partial charge in [-0.1, -0.05) is 6.92 Å². The maximum absolute atomic E-state index is 12.6. The first-order valence-corrected chi connectivity index (χ1v) is 12.5. The Morgan fingerprint density at radius 3 is 2.68 bits per heavy atom. The first kappa shape index (κ1) is 23.5. The minimum atomic E-state index is -3.94. The predicted molar refractivity (Wildman–Crippen MR) is 119 cm³/mol. The van der Waals surface area contributed by atoms with Gasteiger partial charge in [0.1, 0.15) is 22.5 Å². The van der Waals surface area contributed by atoms with E-state index in [4.69, 9.17) is 4.42 Å². The number of hydrogen-bond acceptors (Lipinski definition) is 8. The van der Waals surface area contributed by atoms with Gasteiger partial charge in [-0.3, -0.25) is 0 Å². The lowest BCUT2D eigenvalue weighted by atomic mass is 10.2. The highest BCUT2D eigenvalue weighted by molar-refractivity contribution is 9.10. The van der Waals surface area contributed by atoms with Gasteiger partial charge in [0.25, 0.3) is 0 Å². The number of rotatable bonds is 7. The summed E-state index contributed by atoms with van der Waals surface area (Å²) in [5.41, 5.74) is 0.274. The Labute approximate surface area is 190 Å². The third-order valence-corrected chi connectivity index (χ3v) is 7.95. The van der Waals surface area contributed by atoms with Crippen LogP contribution in [0.2, 0.25) is 0 Å². The SMILES string of the molecule is CC[C@@H](N=c1[nH][s+]([O-])nc1Nc1ccc(Br)c(S(=O)(=O)N(C)C)c1O)c1ccc(C)o1. The third-order valence-electron chi connectivity index (χ3n) is 4.42. The van der Waals surface area contributed by atoms with E-state index >= 15 is 0 Å². The number of halogens is 1. The first-order chi connectivity index (χ1) is 14.5. The van der Waals surface area contributed by atoms with Gasteiger partial charge in [0.2, 0.25) is 21.3 Å². The van der Waals surface area contributed by atoms with Gasteiger partial charge in [-0.25, -0.2) is 17.7 Å². The number of aromatic hydroxyl groups is 1. The van der Waals surface area contributed by atoms with Crippen LogP contribution in [0, 0.1) is 6.92 Å². The molecular weight excluding hydrogens is 510 g/mol. The van der Waals surface area contributed by atoms with Crippen LogP contribution < -0.4 is 10.8 Å². The summed E-state index contributed by atoms with van der Waals surface area (Å²) in [6.07, 6.45) is 0.618. The van der Waals surface area contributed by atoms with E-state index < -0.39 is 26.9 Å². The van der Waals surface area contributed by atoms with Crippen LogP contribution in [-0.4, -0.2) is 45.2 Å². The van der Waals surface area contributed by atoms with Crippen LogP contribution in [0.3, 0.4) is 0 Å². The first-order valence-electron chi connectivity index (χ1n) is 9.17. The maximum atomic E-state index is 12.6. The van der Waals surface area contributed by atoms with E-state index in [1.54, 1.807) is 0 Å². The Morgan fingerprint density at radius 2 is 2.10 bits per heavy atom. The van der Waals surface area contributed by atoms with Crippen LogP contribution in [0.25, 0.3) is 0 Å². The van der Waals surface area contributed by atoms with Crippen LogP contribution in [0.15, 0.2) is 43.0 Å². The number of benzene rings is 1. The maximum Gasteiger partial charge on any atom is 0.247 e. The molecule has 0 aliphatic heterocycles. The van der Waals surface area contributed by atoms with Crippen molar-refractivity contribution in [2.75, 3.05) is 19.4 Å². The molecule has 3 aromatic rings. The highest BCUT2D eigenvalue weighted by atomic mass is 79.9. The molecule has 0 saturated heterocycles. The second-order valence-corrected chi connectivity index (χ2v) is 10.7. The van der Waals surface area contributed by atoms with Gasteiger partial charge in [-0.15, -0.1) is 4.37 Å². The summed E-state index contributed by atoms with van der Waals surface area (Å²) in [4.78, 5) is 4.26. The molecule has 2 aromatic heterocycles.